The molecule has 3 heteroatoms. The van der Waals surface area contributed by atoms with E-state index in [0.29, 0.717) is 13.1 Å². The van der Waals surface area contributed by atoms with Gasteiger partial charge >= 0.3 is 6.26 Å². The van der Waals surface area contributed by atoms with E-state index in [1.165, 1.54) is 5.06 Å². The molecule has 0 saturated heterocycles. The summed E-state index contributed by atoms with van der Waals surface area (Å²) in [6, 6.07) is 0. The molecule has 0 unspecified atom stereocenters. The van der Waals surface area contributed by atoms with Crippen molar-refractivity contribution in [1.82, 2.24) is 5.06 Å². The molecule has 0 heterocycles. The van der Waals surface area contributed by atoms with Crippen molar-refractivity contribution >= 4 is 0 Å². The van der Waals surface area contributed by atoms with E-state index in [1.807, 2.05) is 0 Å². The molecule has 0 rings (SSSR count). The highest BCUT2D eigenvalue weighted by Crippen LogP contribution is 1.88. The lowest BCUT2D eigenvalue weighted by Crippen LogP contribution is -2.21. The second-order valence-corrected chi connectivity index (χ2v) is 1.61. The van der Waals surface area contributed by atoms with Crippen molar-refractivity contribution in [3.05, 3.63) is 25.3 Å². The maximum Gasteiger partial charge on any atom is 0.307 e. The molecule has 0 aromatic rings. The zero-order valence-corrected chi connectivity index (χ0v) is 5.79. The van der Waals surface area contributed by atoms with E-state index in [-0.39, 0.29) is 0 Å². The highest BCUT2D eigenvalue weighted by molar-refractivity contribution is 4.76. The number of nitrogens with zero attached hydrogens (tertiary/aromatic N) is 2. The molecule has 0 aliphatic heterocycles. The molecule has 0 bridgehead atoms. The van der Waals surface area contributed by atoms with Gasteiger partial charge < -0.3 is 4.84 Å². The van der Waals surface area contributed by atoms with Crippen molar-refractivity contribution in [3.63, 3.8) is 0 Å². The van der Waals surface area contributed by atoms with Gasteiger partial charge in [0.15, 0.2) is 0 Å². The summed E-state index contributed by atoms with van der Waals surface area (Å²) in [5.41, 5.74) is 0. The first-order chi connectivity index (χ1) is 4.85. The Labute approximate surface area is 60.8 Å². The fraction of sp³-hybridized carbons (Fsp3) is 0.286. The molecule has 54 valence electrons. The van der Waals surface area contributed by atoms with Crippen LogP contribution < -0.4 is 0 Å². The van der Waals surface area contributed by atoms with Gasteiger partial charge in [-0.05, 0) is 0 Å². The van der Waals surface area contributed by atoms with Crippen LogP contribution in [0.25, 0.3) is 0 Å². The van der Waals surface area contributed by atoms with E-state index in [0.717, 1.165) is 0 Å². The molecule has 3 nitrogen and oxygen atoms in total. The van der Waals surface area contributed by atoms with Crippen molar-refractivity contribution in [2.75, 3.05) is 13.1 Å². The van der Waals surface area contributed by atoms with Crippen molar-refractivity contribution in [3.8, 4) is 6.26 Å². The van der Waals surface area contributed by atoms with Gasteiger partial charge in [-0.15, -0.1) is 23.5 Å². The highest BCUT2D eigenvalue weighted by Gasteiger charge is 1.97. The summed E-state index contributed by atoms with van der Waals surface area (Å²) in [6.07, 6.45) is 4.88. The first-order valence-electron chi connectivity index (χ1n) is 2.88. The fourth-order valence-corrected chi connectivity index (χ4v) is 0.495. The largest absolute Gasteiger partial charge is 0.327 e. The maximum atomic E-state index is 8.11. The number of hydrogen-bond donors (Lipinski definition) is 0. The van der Waals surface area contributed by atoms with Gasteiger partial charge in [0.25, 0.3) is 0 Å². The van der Waals surface area contributed by atoms with Crippen LogP contribution in [0.3, 0.4) is 0 Å². The Hall–Kier alpha value is -1.27. The van der Waals surface area contributed by atoms with Gasteiger partial charge in [-0.1, -0.05) is 12.2 Å². The summed E-state index contributed by atoms with van der Waals surface area (Å²) in [5.74, 6) is 0. The van der Waals surface area contributed by atoms with Crippen LogP contribution in [0.5, 0.6) is 0 Å². The lowest BCUT2D eigenvalue weighted by Gasteiger charge is -2.11. The Bertz CT molecular complexity index is 138. The third-order valence-corrected chi connectivity index (χ3v) is 0.835. The molecule has 0 atom stereocenters. The molecule has 0 amide bonds. The third kappa shape index (κ3) is 3.70. The van der Waals surface area contributed by atoms with E-state index in [9.17, 15) is 0 Å². The Morgan fingerprint density at radius 1 is 1.40 bits per heavy atom. The average molecular weight is 138 g/mol. The van der Waals surface area contributed by atoms with Gasteiger partial charge in [0.1, 0.15) is 0 Å². The molecule has 0 saturated carbocycles. The van der Waals surface area contributed by atoms with Crippen LogP contribution in [-0.2, 0) is 4.84 Å². The Morgan fingerprint density at radius 3 is 2.20 bits per heavy atom. The van der Waals surface area contributed by atoms with E-state index in [1.54, 1.807) is 18.4 Å². The van der Waals surface area contributed by atoms with Crippen molar-refractivity contribution in [2.24, 2.45) is 0 Å². The maximum absolute atomic E-state index is 8.11. The second kappa shape index (κ2) is 5.86. The topological polar surface area (TPSA) is 36.3 Å². The highest BCUT2D eigenvalue weighted by atomic mass is 16.7. The molecular formula is C7H10N2O. The van der Waals surface area contributed by atoms with Crippen LogP contribution in [0.1, 0.15) is 0 Å². The minimum Gasteiger partial charge on any atom is -0.327 e. The van der Waals surface area contributed by atoms with Gasteiger partial charge in [0, 0.05) is 0 Å². The molecule has 0 aromatic carbocycles. The molecule has 10 heavy (non-hydrogen) atoms. The summed E-state index contributed by atoms with van der Waals surface area (Å²) in [4.78, 5) is 4.52. The van der Waals surface area contributed by atoms with Crippen LogP contribution in [0.15, 0.2) is 25.3 Å². The van der Waals surface area contributed by atoms with Crippen LogP contribution in [0.2, 0.25) is 0 Å². The van der Waals surface area contributed by atoms with E-state index >= 15 is 0 Å². The third-order valence-electron chi connectivity index (χ3n) is 0.835. The Morgan fingerprint density at radius 2 is 1.90 bits per heavy atom. The SMILES string of the molecule is C=CCN(CC=C)OC#N. The minimum absolute atomic E-state index is 0.527. The molecule has 0 fully saturated rings. The van der Waals surface area contributed by atoms with Crippen molar-refractivity contribution in [1.29, 1.82) is 5.26 Å². The van der Waals surface area contributed by atoms with E-state index in [2.05, 4.69) is 18.0 Å². The normalized spacial score (nSPS) is 8.40. The summed E-state index contributed by atoms with van der Waals surface area (Å²) in [7, 11) is 0. The zero-order valence-electron chi connectivity index (χ0n) is 5.79. The fourth-order valence-electron chi connectivity index (χ4n) is 0.495. The van der Waals surface area contributed by atoms with E-state index in [4.69, 9.17) is 5.26 Å². The van der Waals surface area contributed by atoms with Crippen molar-refractivity contribution in [2.45, 2.75) is 0 Å². The number of hydrogen-bond acceptors (Lipinski definition) is 3. The molecule has 0 aliphatic rings. The van der Waals surface area contributed by atoms with Crippen LogP contribution in [-0.4, -0.2) is 18.2 Å². The summed E-state index contributed by atoms with van der Waals surface area (Å²) in [5, 5.41) is 9.55. The smallest absolute Gasteiger partial charge is 0.307 e. The summed E-state index contributed by atoms with van der Waals surface area (Å²) < 4.78 is 0. The Balaban J connectivity index is 3.61. The number of nitriles is 1. The lowest BCUT2D eigenvalue weighted by molar-refractivity contribution is -0.0708. The van der Waals surface area contributed by atoms with Crippen LogP contribution in [0.4, 0.5) is 0 Å². The number of hydroxylamine groups is 2. The summed E-state index contributed by atoms with van der Waals surface area (Å²) >= 11 is 0. The Kier molecular flexibility index (Phi) is 5.12. The number of rotatable bonds is 5. The average Bonchev–Trinajstić information content (AvgIpc) is 1.90. The molecular weight excluding hydrogens is 128 g/mol. The van der Waals surface area contributed by atoms with Crippen LogP contribution in [0, 0.1) is 11.5 Å². The molecule has 0 aromatic heterocycles. The minimum atomic E-state index is 0.527. The first kappa shape index (κ1) is 8.73. The quantitative estimate of drug-likeness (QED) is 0.324. The molecule has 0 radical (unpaired) electrons. The van der Waals surface area contributed by atoms with Gasteiger partial charge in [-0.2, -0.15) is 0 Å². The van der Waals surface area contributed by atoms with Gasteiger partial charge in [-0.25, -0.2) is 0 Å². The van der Waals surface area contributed by atoms with Crippen molar-refractivity contribution < 1.29 is 4.84 Å². The predicted molar refractivity (Wildman–Crippen MR) is 38.7 cm³/mol. The van der Waals surface area contributed by atoms with E-state index < -0.39 is 0 Å². The zero-order chi connectivity index (χ0) is 7.82. The monoisotopic (exact) mass is 138 g/mol. The predicted octanol–water partition coefficient (Wildman–Crippen LogP) is 1.07. The lowest BCUT2D eigenvalue weighted by atomic mass is 10.5. The molecule has 0 N–H and O–H groups in total. The van der Waals surface area contributed by atoms with Gasteiger partial charge in [0.2, 0.25) is 0 Å². The van der Waals surface area contributed by atoms with Crippen LogP contribution >= 0.6 is 0 Å². The standard InChI is InChI=1S/C7H10N2O/c1-3-5-9(6-4-2)10-7-8/h3-4H,1-2,5-6H2. The second-order valence-electron chi connectivity index (χ2n) is 1.61. The summed E-state index contributed by atoms with van der Waals surface area (Å²) in [6.45, 7) is 8.05. The van der Waals surface area contributed by atoms with Gasteiger partial charge in [0.05, 0.1) is 13.1 Å². The molecule has 0 spiro atoms. The first-order valence-corrected chi connectivity index (χ1v) is 2.88. The van der Waals surface area contributed by atoms with Gasteiger partial charge in [-0.3, -0.25) is 0 Å². The molecule has 0 aliphatic carbocycles.